The number of rotatable bonds is 3. The Kier molecular flexibility index (Phi) is 4.31. The summed E-state index contributed by atoms with van der Waals surface area (Å²) in [6, 6.07) is 4.18. The second kappa shape index (κ2) is 6.76. The number of anilines is 1. The number of nitrogens with one attached hydrogen (secondary N) is 1. The number of carbonyl (C=O) groups is 1. The van der Waals surface area contributed by atoms with Crippen LogP contribution in [0.4, 0.5) is 14.9 Å². The highest BCUT2D eigenvalue weighted by atomic mass is 19.1. The van der Waals surface area contributed by atoms with Crippen LogP contribution >= 0.6 is 0 Å². The number of ether oxygens (including phenoxy) is 1. The Morgan fingerprint density at radius 2 is 2.00 bits per heavy atom. The van der Waals surface area contributed by atoms with E-state index in [1.807, 2.05) is 0 Å². The first-order valence-corrected chi connectivity index (χ1v) is 8.44. The SMILES string of the molecule is O=C(Nc1ccc(F)cc1-c1cncnc1)O[C@H]1CN2CCC1CC2. The highest BCUT2D eigenvalue weighted by Gasteiger charge is 2.36. The average molecular weight is 342 g/mol. The molecule has 0 saturated carbocycles. The lowest BCUT2D eigenvalue weighted by atomic mass is 9.86. The van der Waals surface area contributed by atoms with E-state index in [0.717, 1.165) is 32.5 Å². The van der Waals surface area contributed by atoms with E-state index in [4.69, 9.17) is 4.74 Å². The van der Waals surface area contributed by atoms with E-state index in [9.17, 15) is 9.18 Å². The first-order chi connectivity index (χ1) is 12.2. The normalized spacial score (nSPS) is 24.8. The maximum atomic E-state index is 13.7. The predicted octanol–water partition coefficient (Wildman–Crippen LogP) is 2.93. The van der Waals surface area contributed by atoms with Gasteiger partial charge in [-0.15, -0.1) is 0 Å². The molecule has 1 amide bonds. The Morgan fingerprint density at radius 1 is 1.24 bits per heavy atom. The van der Waals surface area contributed by atoms with Crippen LogP contribution in [0.5, 0.6) is 0 Å². The van der Waals surface area contributed by atoms with Crippen molar-refractivity contribution in [3.05, 3.63) is 42.7 Å². The van der Waals surface area contributed by atoms with Crippen molar-refractivity contribution < 1.29 is 13.9 Å². The summed E-state index contributed by atoms with van der Waals surface area (Å²) in [5.74, 6) is 0.0427. The lowest BCUT2D eigenvalue weighted by molar-refractivity contribution is -0.0289. The van der Waals surface area contributed by atoms with E-state index in [1.165, 1.54) is 24.5 Å². The molecule has 1 aromatic carbocycles. The molecule has 4 heterocycles. The van der Waals surface area contributed by atoms with Crippen LogP contribution in [0, 0.1) is 11.7 Å². The molecule has 6 nitrogen and oxygen atoms in total. The number of piperidine rings is 3. The molecule has 3 aliphatic rings. The van der Waals surface area contributed by atoms with Crippen molar-refractivity contribution in [1.29, 1.82) is 0 Å². The van der Waals surface area contributed by atoms with Gasteiger partial charge >= 0.3 is 6.09 Å². The summed E-state index contributed by atoms with van der Waals surface area (Å²) >= 11 is 0. The van der Waals surface area contributed by atoms with E-state index in [2.05, 4.69) is 20.2 Å². The number of benzene rings is 1. The second-order valence-electron chi connectivity index (χ2n) is 6.52. The topological polar surface area (TPSA) is 67.3 Å². The van der Waals surface area contributed by atoms with E-state index < -0.39 is 11.9 Å². The summed E-state index contributed by atoms with van der Waals surface area (Å²) in [5, 5.41) is 2.74. The van der Waals surface area contributed by atoms with Crippen molar-refractivity contribution in [3.8, 4) is 11.1 Å². The summed E-state index contributed by atoms with van der Waals surface area (Å²) in [6.07, 6.45) is 6.10. The van der Waals surface area contributed by atoms with Crippen LogP contribution in [0.15, 0.2) is 36.9 Å². The number of halogens is 1. The molecule has 7 heteroatoms. The van der Waals surface area contributed by atoms with Crippen molar-refractivity contribution in [2.75, 3.05) is 25.0 Å². The minimum absolute atomic E-state index is 0.0774. The number of carbonyl (C=O) groups excluding carboxylic acids is 1. The average Bonchev–Trinajstić information content (AvgIpc) is 2.65. The molecule has 2 bridgehead atoms. The van der Waals surface area contributed by atoms with Crippen molar-refractivity contribution in [3.63, 3.8) is 0 Å². The number of fused-ring (bicyclic) bond motifs is 3. The fourth-order valence-corrected chi connectivity index (χ4v) is 3.62. The van der Waals surface area contributed by atoms with Crippen LogP contribution in [0.1, 0.15) is 12.8 Å². The number of hydrogen-bond acceptors (Lipinski definition) is 5. The summed E-state index contributed by atoms with van der Waals surface area (Å²) in [6.45, 7) is 2.96. The van der Waals surface area contributed by atoms with Crippen LogP contribution < -0.4 is 5.32 Å². The Balaban J connectivity index is 1.50. The van der Waals surface area contributed by atoms with Gasteiger partial charge in [0.25, 0.3) is 0 Å². The molecular formula is C18H19FN4O2. The molecule has 0 radical (unpaired) electrons. The van der Waals surface area contributed by atoms with Crippen LogP contribution in [0.25, 0.3) is 11.1 Å². The van der Waals surface area contributed by atoms with Crippen LogP contribution in [0.3, 0.4) is 0 Å². The zero-order chi connectivity index (χ0) is 17.2. The van der Waals surface area contributed by atoms with Gasteiger partial charge in [0, 0.05) is 30.1 Å². The fraction of sp³-hybridized carbons (Fsp3) is 0.389. The molecule has 3 saturated heterocycles. The first kappa shape index (κ1) is 16.0. The number of hydrogen-bond donors (Lipinski definition) is 1. The fourth-order valence-electron chi connectivity index (χ4n) is 3.62. The molecule has 1 N–H and O–H groups in total. The molecule has 3 fully saturated rings. The Bertz CT molecular complexity index is 763. The number of amides is 1. The summed E-state index contributed by atoms with van der Waals surface area (Å²) in [4.78, 5) is 22.6. The molecule has 2 aromatic rings. The van der Waals surface area contributed by atoms with Crippen molar-refractivity contribution >= 4 is 11.8 Å². The zero-order valence-corrected chi connectivity index (χ0v) is 13.7. The van der Waals surface area contributed by atoms with Gasteiger partial charge in [-0.25, -0.2) is 19.2 Å². The third-order valence-corrected chi connectivity index (χ3v) is 4.94. The minimum Gasteiger partial charge on any atom is -0.444 e. The lowest BCUT2D eigenvalue weighted by Crippen LogP contribution is -2.52. The van der Waals surface area contributed by atoms with E-state index in [1.54, 1.807) is 12.4 Å². The smallest absolute Gasteiger partial charge is 0.411 e. The molecular weight excluding hydrogens is 323 g/mol. The zero-order valence-electron chi connectivity index (χ0n) is 13.7. The van der Waals surface area contributed by atoms with Gasteiger partial charge in [-0.3, -0.25) is 10.2 Å². The van der Waals surface area contributed by atoms with E-state index >= 15 is 0 Å². The molecule has 0 unspecified atom stereocenters. The minimum atomic E-state index is -0.511. The Morgan fingerprint density at radius 3 is 2.68 bits per heavy atom. The van der Waals surface area contributed by atoms with Gasteiger partial charge in [0.2, 0.25) is 0 Å². The van der Waals surface area contributed by atoms with Gasteiger partial charge in [0.05, 0.1) is 5.69 Å². The van der Waals surface area contributed by atoms with E-state index in [0.29, 0.717) is 22.7 Å². The predicted molar refractivity (Wildman–Crippen MR) is 90.5 cm³/mol. The molecule has 5 rings (SSSR count). The Hall–Kier alpha value is -2.54. The molecule has 130 valence electrons. The monoisotopic (exact) mass is 342 g/mol. The Labute approximate surface area is 145 Å². The lowest BCUT2D eigenvalue weighted by Gasteiger charge is -2.43. The molecule has 0 spiro atoms. The summed E-state index contributed by atoms with van der Waals surface area (Å²) in [7, 11) is 0. The molecule has 25 heavy (non-hydrogen) atoms. The summed E-state index contributed by atoms with van der Waals surface area (Å²) < 4.78 is 19.3. The van der Waals surface area contributed by atoms with Crippen molar-refractivity contribution in [2.24, 2.45) is 5.92 Å². The van der Waals surface area contributed by atoms with Gasteiger partial charge in [0.15, 0.2) is 0 Å². The highest BCUT2D eigenvalue weighted by molar-refractivity contribution is 5.91. The quantitative estimate of drug-likeness (QED) is 0.929. The maximum absolute atomic E-state index is 13.7. The molecule has 3 aliphatic heterocycles. The van der Waals surface area contributed by atoms with Crippen LogP contribution in [-0.2, 0) is 4.74 Å². The van der Waals surface area contributed by atoms with Gasteiger partial charge in [0.1, 0.15) is 18.2 Å². The number of nitrogens with zero attached hydrogens (tertiary/aromatic N) is 3. The first-order valence-electron chi connectivity index (χ1n) is 8.44. The third kappa shape index (κ3) is 3.46. The van der Waals surface area contributed by atoms with Gasteiger partial charge in [-0.2, -0.15) is 0 Å². The summed E-state index contributed by atoms with van der Waals surface area (Å²) in [5.41, 5.74) is 1.62. The van der Waals surface area contributed by atoms with Crippen LogP contribution in [0.2, 0.25) is 0 Å². The standard InChI is InChI=1S/C18H19FN4O2/c19-14-1-2-16(15(7-14)13-8-20-11-21-9-13)22-18(24)25-17-10-23-5-3-12(17)4-6-23/h1-2,7-9,11-12,17H,3-6,10H2,(H,22,24)/t17-/m0/s1. The van der Waals surface area contributed by atoms with Crippen molar-refractivity contribution in [2.45, 2.75) is 18.9 Å². The molecule has 1 aromatic heterocycles. The largest absolute Gasteiger partial charge is 0.444 e. The van der Waals surface area contributed by atoms with Crippen LogP contribution in [-0.4, -0.2) is 46.7 Å². The number of aromatic nitrogens is 2. The highest BCUT2D eigenvalue weighted by Crippen LogP contribution is 2.31. The van der Waals surface area contributed by atoms with Gasteiger partial charge in [-0.1, -0.05) is 0 Å². The maximum Gasteiger partial charge on any atom is 0.411 e. The third-order valence-electron chi connectivity index (χ3n) is 4.94. The second-order valence-corrected chi connectivity index (χ2v) is 6.52. The van der Waals surface area contributed by atoms with Gasteiger partial charge in [-0.05, 0) is 50.0 Å². The molecule has 1 atom stereocenters. The molecule has 0 aliphatic carbocycles. The van der Waals surface area contributed by atoms with Gasteiger partial charge < -0.3 is 4.74 Å². The van der Waals surface area contributed by atoms with E-state index in [-0.39, 0.29) is 6.10 Å². The van der Waals surface area contributed by atoms with Crippen molar-refractivity contribution in [1.82, 2.24) is 14.9 Å².